The highest BCUT2D eigenvalue weighted by Crippen LogP contribution is 2.44. The number of likely N-dealkylation sites (tertiary alicyclic amines) is 1. The number of piperidine rings is 1. The molecule has 3 N–H and O–H groups in total. The third-order valence-corrected chi connectivity index (χ3v) is 22.1. The maximum Gasteiger partial charge on any atom is 0.393 e. The van der Waals surface area contributed by atoms with Crippen molar-refractivity contribution in [3.8, 4) is 0 Å². The Morgan fingerprint density at radius 3 is 1.83 bits per heavy atom. The molecule has 96 heavy (non-hydrogen) atoms. The molecule has 0 bridgehead atoms. The summed E-state index contributed by atoms with van der Waals surface area (Å²) in [4.78, 5) is 188. The number of hydrogen-bond acceptors (Lipinski definition) is 12. The number of amides is 12. The molecule has 0 radical (unpaired) electrons. The van der Waals surface area contributed by atoms with Crippen molar-refractivity contribution in [3.63, 3.8) is 0 Å². The number of alkyl halides is 4. The lowest BCUT2D eigenvalue weighted by molar-refractivity contribution is -0.182. The standard InChI is InChI=1S/C68H110ClF3N12O12/c1-13-43(5)57-64(94)78(9)40-55(87)76(7)41-56(88)79(10)51(37-45-24-17-15-18-25-45)62(92)77(8)39-53(85)73-49(30-28-46-27-29-47(48(69)36-46)68(70,71)72)61(91)84-35-23-26-50(84)60(90)75-67(31-19-20-32-67)66(96)81(12)58(42(3)4)65(95)80(11)52(63(93)82-33-21-16-22-34-82)38-54(86)83(14-2)44(6)59(89)74-57/h42-52,57-58H,13-41H2,1-12H3,(H,73,85)(H,74,89)(H,75,90)/t43-,44-,46?,47?,48?,49-,50-,51-,52-,57-,58-/m0/s1. The van der Waals surface area contributed by atoms with Crippen LogP contribution >= 0.6 is 11.6 Å². The van der Waals surface area contributed by atoms with Gasteiger partial charge in [0.1, 0.15) is 47.8 Å². The van der Waals surface area contributed by atoms with Crippen molar-refractivity contribution in [3.05, 3.63) is 0 Å². The average molecular weight is 1380 g/mol. The van der Waals surface area contributed by atoms with E-state index in [4.69, 9.17) is 11.6 Å². The molecule has 0 aromatic rings. The van der Waals surface area contributed by atoms with Crippen LogP contribution in [0.25, 0.3) is 0 Å². The molecule has 12 amide bonds. The molecule has 3 saturated carbocycles. The second-order valence-electron chi connectivity index (χ2n) is 28.8. The first kappa shape index (κ1) is 78.7. The molecule has 3 unspecified atom stereocenters. The van der Waals surface area contributed by atoms with Gasteiger partial charge in [0, 0.05) is 73.8 Å². The van der Waals surface area contributed by atoms with Gasteiger partial charge in [-0.05, 0) is 121 Å². The minimum absolute atomic E-state index is 0.000304. The van der Waals surface area contributed by atoms with Crippen LogP contribution in [0, 0.1) is 29.6 Å². The van der Waals surface area contributed by atoms with Gasteiger partial charge in [-0.3, -0.25) is 57.5 Å². The summed E-state index contributed by atoms with van der Waals surface area (Å²) < 4.78 is 41.9. The number of nitrogens with one attached hydrogen (secondary N) is 3. The number of fused-ring (bicyclic) bond motifs is 1. The van der Waals surface area contributed by atoms with Crippen LogP contribution < -0.4 is 16.0 Å². The third-order valence-electron chi connectivity index (χ3n) is 21.6. The third kappa shape index (κ3) is 19.5. The van der Waals surface area contributed by atoms with Gasteiger partial charge >= 0.3 is 6.18 Å². The van der Waals surface area contributed by atoms with Crippen LogP contribution in [0.15, 0.2) is 0 Å². The molecule has 542 valence electrons. The molecule has 6 aliphatic rings. The minimum Gasteiger partial charge on any atom is -0.343 e. The number of rotatable bonds is 10. The SMILES string of the molecule is CC[C@H](C)[C@@H]1NC(=O)[C@H](C)N(CC)C(=O)C[C@@H](C(=O)N2CCCCC2)N(C)C(=O)[C@H](C(C)C)N(C)C(=O)C2(CCCC2)NC(=O)[C@@H]2CCCN2C(=O)[C@H](CCC2CCC(C(F)(F)F)C(Cl)C2)NC(=O)CN(C)C(=O)[C@H](CC2CCCCC2)N(C)C(=O)CN(C)C(=O)CN(C)C1=O. The van der Waals surface area contributed by atoms with E-state index in [9.17, 15) is 56.3 Å². The van der Waals surface area contributed by atoms with Gasteiger partial charge in [-0.2, -0.15) is 13.2 Å². The molecule has 3 saturated heterocycles. The molecule has 3 aliphatic heterocycles. The average Bonchev–Trinajstić information content (AvgIpc) is 1.53. The van der Waals surface area contributed by atoms with Crippen LogP contribution in [0.5, 0.6) is 0 Å². The summed E-state index contributed by atoms with van der Waals surface area (Å²) in [6, 6.07) is -8.64. The molecule has 3 aliphatic carbocycles. The van der Waals surface area contributed by atoms with E-state index >= 15 is 14.4 Å². The molecule has 6 rings (SSSR count). The van der Waals surface area contributed by atoms with E-state index in [2.05, 4.69) is 16.0 Å². The summed E-state index contributed by atoms with van der Waals surface area (Å²) >= 11 is 6.38. The fourth-order valence-electron chi connectivity index (χ4n) is 15.3. The van der Waals surface area contributed by atoms with Crippen LogP contribution in [0.4, 0.5) is 13.2 Å². The van der Waals surface area contributed by atoms with Gasteiger partial charge in [0.25, 0.3) is 0 Å². The van der Waals surface area contributed by atoms with Gasteiger partial charge in [-0.15, -0.1) is 11.6 Å². The summed E-state index contributed by atoms with van der Waals surface area (Å²) in [5.74, 6) is -10.8. The summed E-state index contributed by atoms with van der Waals surface area (Å²) in [5, 5.41) is 7.46. The van der Waals surface area contributed by atoms with Crippen molar-refractivity contribution in [1.29, 1.82) is 0 Å². The molecule has 1 spiro atoms. The summed E-state index contributed by atoms with van der Waals surface area (Å²) in [6.45, 7) is 9.36. The lowest BCUT2D eigenvalue weighted by atomic mass is 9.78. The Labute approximate surface area is 570 Å². The van der Waals surface area contributed by atoms with Gasteiger partial charge in [0.2, 0.25) is 70.9 Å². The smallest absolute Gasteiger partial charge is 0.343 e. The Morgan fingerprint density at radius 1 is 0.625 bits per heavy atom. The minimum atomic E-state index is -4.51. The summed E-state index contributed by atoms with van der Waals surface area (Å²) in [5.41, 5.74) is -1.56. The zero-order valence-electron chi connectivity index (χ0n) is 58.9. The second-order valence-corrected chi connectivity index (χ2v) is 29.4. The monoisotopic (exact) mass is 1380 g/mol. The molecule has 24 nitrogen and oxygen atoms in total. The number of halogens is 4. The van der Waals surface area contributed by atoms with Crippen molar-refractivity contribution in [2.24, 2.45) is 29.6 Å². The van der Waals surface area contributed by atoms with E-state index < -0.39 is 174 Å². The zero-order valence-corrected chi connectivity index (χ0v) is 59.7. The van der Waals surface area contributed by atoms with Gasteiger partial charge in [-0.25, -0.2) is 0 Å². The molecule has 3 heterocycles. The van der Waals surface area contributed by atoms with Crippen LogP contribution in [0.1, 0.15) is 183 Å². The van der Waals surface area contributed by atoms with Crippen molar-refractivity contribution in [2.75, 3.05) is 88.1 Å². The second kappa shape index (κ2) is 35.0. The van der Waals surface area contributed by atoms with E-state index in [0.29, 0.717) is 51.6 Å². The summed E-state index contributed by atoms with van der Waals surface area (Å²) in [7, 11) is 8.46. The van der Waals surface area contributed by atoms with Crippen LogP contribution in [-0.4, -0.2) is 262 Å². The highest BCUT2D eigenvalue weighted by molar-refractivity contribution is 6.20. The number of hydrogen-bond donors (Lipinski definition) is 3. The molecular weight excluding hydrogens is 1270 g/mol. The van der Waals surface area contributed by atoms with E-state index in [0.717, 1.165) is 53.2 Å². The number of carbonyl (C=O) groups is 12. The number of nitrogens with zero attached hydrogens (tertiary/aromatic N) is 9. The van der Waals surface area contributed by atoms with E-state index in [1.165, 1.54) is 73.7 Å². The topological polar surface area (TPSA) is 270 Å². The molecule has 0 aromatic heterocycles. The maximum absolute atomic E-state index is 15.4. The first-order valence-electron chi connectivity index (χ1n) is 35.2. The fourth-order valence-corrected chi connectivity index (χ4v) is 15.9. The lowest BCUT2D eigenvalue weighted by Gasteiger charge is -2.42. The van der Waals surface area contributed by atoms with E-state index in [1.54, 1.807) is 32.6 Å². The highest BCUT2D eigenvalue weighted by atomic mass is 35.5. The van der Waals surface area contributed by atoms with Crippen LogP contribution in [0.2, 0.25) is 0 Å². The number of likely N-dealkylation sites (N-methyl/N-ethyl adjacent to an activating group) is 7. The largest absolute Gasteiger partial charge is 0.393 e. The quantitative estimate of drug-likeness (QED) is 0.246. The van der Waals surface area contributed by atoms with Gasteiger partial charge < -0.3 is 60.0 Å². The molecule has 0 aromatic carbocycles. The Hall–Kier alpha value is -6.28. The van der Waals surface area contributed by atoms with Crippen molar-refractivity contribution < 1.29 is 70.7 Å². The van der Waals surface area contributed by atoms with Crippen molar-refractivity contribution >= 4 is 82.5 Å². The van der Waals surface area contributed by atoms with Crippen molar-refractivity contribution in [2.45, 2.75) is 242 Å². The predicted octanol–water partition coefficient (Wildman–Crippen LogP) is 4.92. The van der Waals surface area contributed by atoms with Gasteiger partial charge in [0.05, 0.1) is 32.0 Å². The first-order chi connectivity index (χ1) is 45.2. The van der Waals surface area contributed by atoms with Crippen LogP contribution in [-0.2, 0) is 57.5 Å². The fraction of sp³-hybridized carbons (Fsp3) is 0.824. The van der Waals surface area contributed by atoms with Gasteiger partial charge in [0.15, 0.2) is 0 Å². The lowest BCUT2D eigenvalue weighted by Crippen LogP contribution is -2.65. The van der Waals surface area contributed by atoms with Crippen LogP contribution in [0.3, 0.4) is 0 Å². The Morgan fingerprint density at radius 2 is 1.24 bits per heavy atom. The Balaban J connectivity index is 1.39. The highest BCUT2D eigenvalue weighted by Gasteiger charge is 2.51. The van der Waals surface area contributed by atoms with E-state index in [1.807, 2.05) is 6.92 Å². The maximum atomic E-state index is 15.4. The van der Waals surface area contributed by atoms with Crippen molar-refractivity contribution in [1.82, 2.24) is 60.0 Å². The molecule has 6 fully saturated rings. The Bertz CT molecular complexity index is 2780. The molecule has 28 heteroatoms. The zero-order chi connectivity index (χ0) is 71.3. The molecular formula is C68H110ClF3N12O12. The summed E-state index contributed by atoms with van der Waals surface area (Å²) in [6.07, 6.45) is 4.17. The first-order valence-corrected chi connectivity index (χ1v) is 35.7. The predicted molar refractivity (Wildman–Crippen MR) is 354 cm³/mol. The molecule has 11 atom stereocenters. The van der Waals surface area contributed by atoms with E-state index in [-0.39, 0.29) is 82.7 Å². The number of carbonyl (C=O) groups excluding carboxylic acids is 12. The normalized spacial score (nSPS) is 29.7. The van der Waals surface area contributed by atoms with Gasteiger partial charge in [-0.1, -0.05) is 79.1 Å². The Kier molecular flexibility index (Phi) is 28.7.